The van der Waals surface area contributed by atoms with Crippen molar-refractivity contribution in [3.8, 4) is 0 Å². The van der Waals surface area contributed by atoms with Crippen LogP contribution in [0.25, 0.3) is 0 Å². The second kappa shape index (κ2) is 4.75. The van der Waals surface area contributed by atoms with Gasteiger partial charge in [0.2, 0.25) is 0 Å². The Morgan fingerprint density at radius 1 is 1.33 bits per heavy atom. The van der Waals surface area contributed by atoms with Crippen molar-refractivity contribution >= 4 is 23.1 Å². The zero-order chi connectivity index (χ0) is 13.1. The molecule has 0 radical (unpaired) electrons. The molecular formula is C13H14N4O. The first-order chi connectivity index (χ1) is 8.58. The Balaban J connectivity index is 2.40. The van der Waals surface area contributed by atoms with Gasteiger partial charge in [-0.25, -0.2) is 4.98 Å². The van der Waals surface area contributed by atoms with Crippen LogP contribution in [0.15, 0.2) is 36.5 Å². The number of amides is 1. The molecule has 1 aromatic heterocycles. The van der Waals surface area contributed by atoms with Crippen LogP contribution >= 0.6 is 0 Å². The summed E-state index contributed by atoms with van der Waals surface area (Å²) in [4.78, 5) is 15.6. The van der Waals surface area contributed by atoms with Crippen LogP contribution in [0.1, 0.15) is 15.9 Å². The van der Waals surface area contributed by atoms with E-state index in [9.17, 15) is 4.79 Å². The van der Waals surface area contributed by atoms with Gasteiger partial charge in [0.05, 0.1) is 5.56 Å². The third-order valence-electron chi connectivity index (χ3n) is 2.56. The molecule has 1 amide bonds. The number of anilines is 3. The molecule has 0 atom stereocenters. The van der Waals surface area contributed by atoms with E-state index >= 15 is 0 Å². The van der Waals surface area contributed by atoms with E-state index in [4.69, 9.17) is 11.5 Å². The van der Waals surface area contributed by atoms with E-state index in [2.05, 4.69) is 10.3 Å². The minimum Gasteiger partial charge on any atom is -0.399 e. The highest BCUT2D eigenvalue weighted by Crippen LogP contribution is 2.22. The van der Waals surface area contributed by atoms with Gasteiger partial charge in [0.15, 0.2) is 0 Å². The van der Waals surface area contributed by atoms with Crippen molar-refractivity contribution < 1.29 is 4.79 Å². The molecule has 92 valence electrons. The summed E-state index contributed by atoms with van der Waals surface area (Å²) in [5.74, 6) is -0.0693. The molecule has 1 heterocycles. The number of primary amides is 1. The van der Waals surface area contributed by atoms with Crippen LogP contribution < -0.4 is 16.8 Å². The predicted molar refractivity (Wildman–Crippen MR) is 71.6 cm³/mol. The summed E-state index contributed by atoms with van der Waals surface area (Å²) >= 11 is 0. The van der Waals surface area contributed by atoms with E-state index in [1.54, 1.807) is 24.4 Å². The topological polar surface area (TPSA) is 94.0 Å². The Bertz CT molecular complexity index is 595. The first-order valence-corrected chi connectivity index (χ1v) is 5.46. The fourth-order valence-corrected chi connectivity index (χ4v) is 1.72. The van der Waals surface area contributed by atoms with Crippen LogP contribution in [0.4, 0.5) is 17.2 Å². The highest BCUT2D eigenvalue weighted by atomic mass is 16.1. The van der Waals surface area contributed by atoms with Gasteiger partial charge in [0.25, 0.3) is 5.91 Å². The van der Waals surface area contributed by atoms with E-state index in [0.717, 1.165) is 11.3 Å². The fourth-order valence-electron chi connectivity index (χ4n) is 1.72. The summed E-state index contributed by atoms with van der Waals surface area (Å²) in [6.07, 6.45) is 1.62. The lowest BCUT2D eigenvalue weighted by Crippen LogP contribution is -2.16. The molecule has 0 aliphatic carbocycles. The molecule has 18 heavy (non-hydrogen) atoms. The molecule has 5 heteroatoms. The smallest absolute Gasteiger partial charge is 0.252 e. The summed E-state index contributed by atoms with van der Waals surface area (Å²) in [5.41, 5.74) is 13.6. The number of nitrogens with two attached hydrogens (primary N) is 2. The number of nitrogens with zero attached hydrogens (tertiary/aromatic N) is 1. The van der Waals surface area contributed by atoms with Crippen molar-refractivity contribution in [2.45, 2.75) is 6.92 Å². The highest BCUT2D eigenvalue weighted by Gasteiger charge is 2.12. The molecule has 0 bridgehead atoms. The van der Waals surface area contributed by atoms with Gasteiger partial charge in [-0.05, 0) is 36.8 Å². The zero-order valence-corrected chi connectivity index (χ0v) is 9.97. The molecule has 0 fully saturated rings. The average Bonchev–Trinajstić information content (AvgIpc) is 2.28. The van der Waals surface area contributed by atoms with Crippen LogP contribution in [0.2, 0.25) is 0 Å². The molecule has 0 unspecified atom stereocenters. The third kappa shape index (κ3) is 2.40. The number of pyridine rings is 1. The van der Waals surface area contributed by atoms with E-state index < -0.39 is 5.91 Å². The molecule has 0 saturated heterocycles. The molecule has 0 aliphatic rings. The number of nitrogens with one attached hydrogen (secondary N) is 1. The lowest BCUT2D eigenvalue weighted by Gasteiger charge is -2.11. The Hall–Kier alpha value is -2.56. The normalized spacial score (nSPS) is 10.1. The van der Waals surface area contributed by atoms with Crippen LogP contribution in [0.5, 0.6) is 0 Å². The van der Waals surface area contributed by atoms with Crippen LogP contribution in [0, 0.1) is 6.92 Å². The van der Waals surface area contributed by atoms with Gasteiger partial charge in [-0.3, -0.25) is 4.79 Å². The minimum absolute atomic E-state index is 0.389. The molecular weight excluding hydrogens is 228 g/mol. The van der Waals surface area contributed by atoms with Crippen LogP contribution in [-0.2, 0) is 0 Å². The second-order valence-corrected chi connectivity index (χ2v) is 3.97. The fraction of sp³-hybridized carbons (Fsp3) is 0.0769. The maximum atomic E-state index is 11.4. The van der Waals surface area contributed by atoms with Crippen LogP contribution in [-0.4, -0.2) is 10.9 Å². The van der Waals surface area contributed by atoms with Crippen molar-refractivity contribution in [3.63, 3.8) is 0 Å². The van der Waals surface area contributed by atoms with Gasteiger partial charge >= 0.3 is 0 Å². The van der Waals surface area contributed by atoms with Gasteiger partial charge in [-0.15, -0.1) is 0 Å². The lowest BCUT2D eigenvalue weighted by molar-refractivity contribution is 0.100. The number of hydrogen-bond acceptors (Lipinski definition) is 4. The summed E-state index contributed by atoms with van der Waals surface area (Å²) in [6.45, 7) is 1.81. The van der Waals surface area contributed by atoms with E-state index in [0.29, 0.717) is 17.1 Å². The number of benzene rings is 1. The maximum Gasteiger partial charge on any atom is 0.252 e. The van der Waals surface area contributed by atoms with Gasteiger partial charge in [-0.2, -0.15) is 0 Å². The maximum absolute atomic E-state index is 11.4. The van der Waals surface area contributed by atoms with Gasteiger partial charge in [0, 0.05) is 17.6 Å². The average molecular weight is 242 g/mol. The Morgan fingerprint density at radius 3 is 2.78 bits per heavy atom. The minimum atomic E-state index is -0.507. The van der Waals surface area contributed by atoms with Crippen molar-refractivity contribution in [2.75, 3.05) is 11.1 Å². The summed E-state index contributed by atoms with van der Waals surface area (Å²) in [6, 6.07) is 8.94. The van der Waals surface area contributed by atoms with Crippen molar-refractivity contribution in [2.24, 2.45) is 5.73 Å². The van der Waals surface area contributed by atoms with Crippen molar-refractivity contribution in [3.05, 3.63) is 47.7 Å². The highest BCUT2D eigenvalue weighted by molar-refractivity contribution is 5.99. The molecule has 5 nitrogen and oxygen atoms in total. The number of nitrogen functional groups attached to an aromatic ring is 1. The Labute approximate surface area is 105 Å². The molecule has 1 aromatic carbocycles. The number of aromatic nitrogens is 1. The quantitative estimate of drug-likeness (QED) is 0.715. The van der Waals surface area contributed by atoms with Crippen molar-refractivity contribution in [1.82, 2.24) is 4.98 Å². The number of carbonyl (C=O) groups excluding carboxylic acids is 1. The van der Waals surface area contributed by atoms with E-state index in [1.807, 2.05) is 19.1 Å². The number of aryl methyl sites for hydroxylation is 1. The zero-order valence-electron chi connectivity index (χ0n) is 9.97. The molecule has 2 aromatic rings. The first kappa shape index (κ1) is 11.9. The SMILES string of the molecule is Cc1ccnc(Nc2cccc(N)c2)c1C(N)=O. The van der Waals surface area contributed by atoms with Crippen molar-refractivity contribution in [1.29, 1.82) is 0 Å². The number of rotatable bonds is 3. The molecule has 0 aliphatic heterocycles. The third-order valence-corrected chi connectivity index (χ3v) is 2.56. The standard InChI is InChI=1S/C13H14N4O/c1-8-5-6-16-13(11(8)12(15)18)17-10-4-2-3-9(14)7-10/h2-7H,14H2,1H3,(H2,15,18)(H,16,17). The predicted octanol–water partition coefficient (Wildman–Crippen LogP) is 1.81. The van der Waals surface area contributed by atoms with E-state index in [-0.39, 0.29) is 0 Å². The van der Waals surface area contributed by atoms with Gasteiger partial charge in [0.1, 0.15) is 5.82 Å². The monoisotopic (exact) mass is 242 g/mol. The second-order valence-electron chi connectivity index (χ2n) is 3.97. The Kier molecular flexibility index (Phi) is 3.14. The molecule has 2 rings (SSSR count). The molecule has 0 spiro atoms. The summed E-state index contributed by atoms with van der Waals surface area (Å²) in [7, 11) is 0. The Morgan fingerprint density at radius 2 is 2.11 bits per heavy atom. The summed E-state index contributed by atoms with van der Waals surface area (Å²) < 4.78 is 0. The first-order valence-electron chi connectivity index (χ1n) is 5.46. The molecule has 0 saturated carbocycles. The largest absolute Gasteiger partial charge is 0.399 e. The molecule has 5 N–H and O–H groups in total. The number of carbonyl (C=O) groups is 1. The van der Waals surface area contributed by atoms with Crippen LogP contribution in [0.3, 0.4) is 0 Å². The lowest BCUT2D eigenvalue weighted by atomic mass is 10.1. The summed E-state index contributed by atoms with van der Waals surface area (Å²) in [5, 5.41) is 3.04. The van der Waals surface area contributed by atoms with E-state index in [1.165, 1.54) is 0 Å². The van der Waals surface area contributed by atoms with Gasteiger partial charge in [-0.1, -0.05) is 6.07 Å². The number of hydrogen-bond donors (Lipinski definition) is 3. The van der Waals surface area contributed by atoms with Gasteiger partial charge < -0.3 is 16.8 Å².